The van der Waals surface area contributed by atoms with Gasteiger partial charge in [-0.05, 0) is 37.1 Å². The predicted molar refractivity (Wildman–Crippen MR) is 102 cm³/mol. The zero-order valence-corrected chi connectivity index (χ0v) is 15.2. The first-order chi connectivity index (χ1) is 13.2. The lowest BCUT2D eigenvalue weighted by Crippen LogP contribution is -2.17. The molecule has 0 aliphatic heterocycles. The number of nitrogens with zero attached hydrogens (tertiary/aromatic N) is 4. The van der Waals surface area contributed by atoms with Crippen molar-refractivity contribution in [2.24, 2.45) is 7.05 Å². The summed E-state index contributed by atoms with van der Waals surface area (Å²) in [6.07, 6.45) is 6.80. The van der Waals surface area contributed by atoms with Crippen LogP contribution in [0.5, 0.6) is 5.75 Å². The first-order valence-electron chi connectivity index (χ1n) is 8.81. The van der Waals surface area contributed by atoms with Crippen molar-refractivity contribution in [1.82, 2.24) is 19.6 Å². The lowest BCUT2D eigenvalue weighted by Gasteiger charge is -2.09. The van der Waals surface area contributed by atoms with Crippen LogP contribution >= 0.6 is 0 Å². The highest BCUT2D eigenvalue weighted by molar-refractivity contribution is 5.46. The summed E-state index contributed by atoms with van der Waals surface area (Å²) in [5.41, 5.74) is 1.91. The van der Waals surface area contributed by atoms with Crippen molar-refractivity contribution in [3.63, 3.8) is 0 Å². The third-order valence-electron chi connectivity index (χ3n) is 3.98. The number of ether oxygens (including phenoxy) is 1. The number of hydrogen-bond donors (Lipinski definition) is 2. The molecule has 0 aliphatic rings. The summed E-state index contributed by atoms with van der Waals surface area (Å²) in [5.74, 6) is 0.661. The standard InChI is InChI=1S/C19H23N5O3/c1-23-13-16(12-21-23)24-10-8-19(26)18(22-24)14-27-17-6-4-15(5-7-17)20-9-2-3-11-25/h4-8,10,12-13,20,25H,2-3,9,11,14H2,1H3. The Morgan fingerprint density at radius 3 is 2.70 bits per heavy atom. The molecule has 8 heteroatoms. The number of unbranched alkanes of at least 4 members (excludes halogenated alkanes) is 1. The molecule has 0 bridgehead atoms. The van der Waals surface area contributed by atoms with Crippen molar-refractivity contribution < 1.29 is 9.84 Å². The van der Waals surface area contributed by atoms with Crippen LogP contribution in [-0.2, 0) is 13.7 Å². The number of rotatable bonds is 9. The van der Waals surface area contributed by atoms with Gasteiger partial charge in [0.15, 0.2) is 0 Å². The molecule has 1 aromatic carbocycles. The average molecular weight is 369 g/mol. The fourth-order valence-electron chi connectivity index (χ4n) is 2.51. The van der Waals surface area contributed by atoms with Crippen molar-refractivity contribution in [1.29, 1.82) is 0 Å². The summed E-state index contributed by atoms with van der Waals surface area (Å²) in [7, 11) is 1.82. The Morgan fingerprint density at radius 1 is 1.19 bits per heavy atom. The van der Waals surface area contributed by atoms with Gasteiger partial charge in [0.05, 0.1) is 12.4 Å². The van der Waals surface area contributed by atoms with Crippen molar-refractivity contribution in [2.75, 3.05) is 18.5 Å². The van der Waals surface area contributed by atoms with E-state index < -0.39 is 0 Å². The van der Waals surface area contributed by atoms with Gasteiger partial charge in [0.25, 0.3) is 0 Å². The quantitative estimate of drug-likeness (QED) is 0.558. The third-order valence-corrected chi connectivity index (χ3v) is 3.98. The Bertz CT molecular complexity index is 918. The molecular weight excluding hydrogens is 346 g/mol. The minimum Gasteiger partial charge on any atom is -0.487 e. The smallest absolute Gasteiger partial charge is 0.206 e. The Hall–Kier alpha value is -3.13. The molecule has 0 spiro atoms. The van der Waals surface area contributed by atoms with Crippen molar-refractivity contribution in [3.8, 4) is 11.4 Å². The van der Waals surface area contributed by atoms with Crippen LogP contribution in [0.25, 0.3) is 5.69 Å². The topological polar surface area (TPSA) is 94.2 Å². The molecule has 2 heterocycles. The fourth-order valence-corrected chi connectivity index (χ4v) is 2.51. The van der Waals surface area contributed by atoms with Gasteiger partial charge in [0, 0.05) is 38.1 Å². The van der Waals surface area contributed by atoms with Crippen LogP contribution in [0.15, 0.2) is 53.7 Å². The van der Waals surface area contributed by atoms with Crippen molar-refractivity contribution in [3.05, 3.63) is 64.8 Å². The van der Waals surface area contributed by atoms with E-state index in [4.69, 9.17) is 9.84 Å². The Labute approximate surface area is 157 Å². The molecular formula is C19H23N5O3. The molecule has 0 amide bonds. The third kappa shape index (κ3) is 5.18. The molecule has 3 rings (SSSR count). The molecule has 0 radical (unpaired) electrons. The van der Waals surface area contributed by atoms with Crippen LogP contribution in [0, 0.1) is 0 Å². The number of aliphatic hydroxyl groups excluding tert-OH is 1. The highest BCUT2D eigenvalue weighted by atomic mass is 16.5. The molecule has 142 valence electrons. The molecule has 0 fully saturated rings. The Morgan fingerprint density at radius 2 is 2.00 bits per heavy atom. The molecule has 0 saturated carbocycles. The normalized spacial score (nSPS) is 10.7. The van der Waals surface area contributed by atoms with Crippen LogP contribution < -0.4 is 15.5 Å². The van der Waals surface area contributed by atoms with E-state index >= 15 is 0 Å². The number of aryl methyl sites for hydroxylation is 1. The lowest BCUT2D eigenvalue weighted by atomic mass is 10.2. The molecule has 2 aromatic heterocycles. The van der Waals surface area contributed by atoms with Gasteiger partial charge in [-0.2, -0.15) is 10.2 Å². The van der Waals surface area contributed by atoms with Crippen LogP contribution in [-0.4, -0.2) is 37.8 Å². The first-order valence-corrected chi connectivity index (χ1v) is 8.81. The highest BCUT2D eigenvalue weighted by Gasteiger charge is 2.06. The predicted octanol–water partition coefficient (Wildman–Crippen LogP) is 1.73. The van der Waals surface area contributed by atoms with E-state index in [2.05, 4.69) is 15.5 Å². The first kappa shape index (κ1) is 18.7. The zero-order chi connectivity index (χ0) is 19.1. The number of hydrogen-bond acceptors (Lipinski definition) is 6. The Balaban J connectivity index is 1.60. The Kier molecular flexibility index (Phi) is 6.22. The average Bonchev–Trinajstić information content (AvgIpc) is 3.12. The van der Waals surface area contributed by atoms with E-state index in [0.29, 0.717) is 11.4 Å². The number of aromatic nitrogens is 4. The second-order valence-corrected chi connectivity index (χ2v) is 6.11. The lowest BCUT2D eigenvalue weighted by molar-refractivity contribution is 0.286. The summed E-state index contributed by atoms with van der Waals surface area (Å²) in [6.45, 7) is 1.11. The van der Waals surface area contributed by atoms with Gasteiger partial charge >= 0.3 is 0 Å². The van der Waals surface area contributed by atoms with Gasteiger partial charge in [0.2, 0.25) is 5.43 Å². The van der Waals surface area contributed by atoms with Crippen molar-refractivity contribution >= 4 is 5.69 Å². The zero-order valence-electron chi connectivity index (χ0n) is 15.2. The maximum atomic E-state index is 12.1. The molecule has 8 nitrogen and oxygen atoms in total. The van der Waals surface area contributed by atoms with Gasteiger partial charge in [0.1, 0.15) is 23.7 Å². The van der Waals surface area contributed by atoms with E-state index in [1.807, 2.05) is 37.5 Å². The number of nitrogens with one attached hydrogen (secondary N) is 1. The SMILES string of the molecule is Cn1cc(-n2ccc(=O)c(COc3ccc(NCCCCO)cc3)n2)cn1. The minimum atomic E-state index is -0.169. The van der Waals surface area contributed by atoms with Gasteiger partial charge in [-0.3, -0.25) is 9.48 Å². The van der Waals surface area contributed by atoms with Crippen molar-refractivity contribution in [2.45, 2.75) is 19.4 Å². The highest BCUT2D eigenvalue weighted by Crippen LogP contribution is 2.16. The molecule has 2 N–H and O–H groups in total. The molecule has 27 heavy (non-hydrogen) atoms. The summed E-state index contributed by atoms with van der Waals surface area (Å²) < 4.78 is 8.98. The molecule has 0 atom stereocenters. The van der Waals surface area contributed by atoms with Crippen LogP contribution in [0.4, 0.5) is 5.69 Å². The molecule has 0 saturated heterocycles. The summed E-state index contributed by atoms with van der Waals surface area (Å²) in [6, 6.07) is 8.99. The largest absolute Gasteiger partial charge is 0.487 e. The van der Waals surface area contributed by atoms with E-state index in [9.17, 15) is 4.79 Å². The molecule has 0 aliphatic carbocycles. The minimum absolute atomic E-state index is 0.0865. The number of anilines is 1. The summed E-state index contributed by atoms with van der Waals surface area (Å²) in [5, 5.41) is 20.5. The maximum absolute atomic E-state index is 12.1. The van der Waals surface area contributed by atoms with Crippen LogP contribution in [0.3, 0.4) is 0 Å². The van der Waals surface area contributed by atoms with Gasteiger partial charge in [-0.25, -0.2) is 4.68 Å². The van der Waals surface area contributed by atoms with E-state index in [1.165, 1.54) is 6.07 Å². The number of aliphatic hydroxyl groups is 1. The second kappa shape index (κ2) is 9.00. The second-order valence-electron chi connectivity index (χ2n) is 6.11. The van der Waals surface area contributed by atoms with E-state index in [-0.39, 0.29) is 18.6 Å². The van der Waals surface area contributed by atoms with Crippen LogP contribution in [0.1, 0.15) is 18.5 Å². The molecule has 3 aromatic rings. The van der Waals surface area contributed by atoms with Gasteiger partial charge in [-0.1, -0.05) is 0 Å². The van der Waals surface area contributed by atoms with Crippen LogP contribution in [0.2, 0.25) is 0 Å². The maximum Gasteiger partial charge on any atom is 0.206 e. The fraction of sp³-hybridized carbons (Fsp3) is 0.316. The van der Waals surface area contributed by atoms with Gasteiger partial charge < -0.3 is 15.2 Å². The summed E-state index contributed by atoms with van der Waals surface area (Å²) in [4.78, 5) is 12.1. The van der Waals surface area contributed by atoms with Gasteiger partial charge in [-0.15, -0.1) is 0 Å². The summed E-state index contributed by atoms with van der Waals surface area (Å²) >= 11 is 0. The molecule has 0 unspecified atom stereocenters. The number of benzene rings is 1. The van der Waals surface area contributed by atoms with E-state index in [1.54, 1.807) is 21.8 Å². The van der Waals surface area contributed by atoms with E-state index in [0.717, 1.165) is 30.8 Å². The monoisotopic (exact) mass is 369 g/mol.